The van der Waals surface area contributed by atoms with E-state index in [0.29, 0.717) is 21.6 Å². The summed E-state index contributed by atoms with van der Waals surface area (Å²) in [5.74, 6) is -8.05. The highest BCUT2D eigenvalue weighted by Crippen LogP contribution is 2.32. The summed E-state index contributed by atoms with van der Waals surface area (Å²) in [4.78, 5) is 34.0. The Labute approximate surface area is 265 Å². The largest absolute Gasteiger partial charge is 0.496 e. The van der Waals surface area contributed by atoms with Crippen molar-refractivity contribution in [2.45, 2.75) is 26.5 Å². The molecule has 5 rings (SSSR count). The Hall–Kier alpha value is -4.91. The summed E-state index contributed by atoms with van der Waals surface area (Å²) < 4.78 is 73.3. The van der Waals surface area contributed by atoms with E-state index in [1.54, 1.807) is 38.1 Å². The smallest absolute Gasteiger partial charge is 0.338 e. The number of hydrogen-bond acceptors (Lipinski definition) is 8. The fourth-order valence-corrected chi connectivity index (χ4v) is 6.09. The van der Waals surface area contributed by atoms with Crippen LogP contribution in [0.15, 0.2) is 69.6 Å². The van der Waals surface area contributed by atoms with Crippen molar-refractivity contribution in [3.05, 3.63) is 119 Å². The fraction of sp³-hybridized carbons (Fsp3) is 0.242. The summed E-state index contributed by atoms with van der Waals surface area (Å²) in [6, 6.07) is 11.5. The number of allylic oxidation sites excluding steroid dienone is 1. The first-order valence-electron chi connectivity index (χ1n) is 14.0. The van der Waals surface area contributed by atoms with E-state index >= 15 is 0 Å². The predicted octanol–water partition coefficient (Wildman–Crippen LogP) is 5.01. The van der Waals surface area contributed by atoms with E-state index in [1.165, 1.54) is 11.7 Å². The molecule has 0 fully saturated rings. The molecule has 8 nitrogen and oxygen atoms in total. The van der Waals surface area contributed by atoms with E-state index < -0.39 is 53.2 Å². The van der Waals surface area contributed by atoms with Crippen LogP contribution in [0.5, 0.6) is 11.5 Å². The van der Waals surface area contributed by atoms with E-state index in [9.17, 15) is 27.2 Å². The van der Waals surface area contributed by atoms with Gasteiger partial charge in [-0.25, -0.2) is 18.6 Å². The van der Waals surface area contributed by atoms with Crippen molar-refractivity contribution >= 4 is 29.1 Å². The maximum absolute atomic E-state index is 14.2. The van der Waals surface area contributed by atoms with Crippen LogP contribution in [-0.2, 0) is 16.1 Å². The zero-order valence-corrected chi connectivity index (χ0v) is 26.3. The molecule has 0 aliphatic carbocycles. The van der Waals surface area contributed by atoms with Gasteiger partial charge in [-0.3, -0.25) is 9.36 Å². The van der Waals surface area contributed by atoms with Crippen LogP contribution in [0.3, 0.4) is 0 Å². The topological polar surface area (TPSA) is 82.4 Å². The molecule has 0 N–H and O–H groups in total. The number of hydrogen-bond donors (Lipinski definition) is 0. The Morgan fingerprint density at radius 2 is 1.72 bits per heavy atom. The third kappa shape index (κ3) is 6.14. The molecular weight excluding hydrogens is 626 g/mol. The van der Waals surface area contributed by atoms with Crippen molar-refractivity contribution in [3.63, 3.8) is 0 Å². The number of ether oxygens (including phenoxy) is 3. The van der Waals surface area contributed by atoms with Crippen LogP contribution in [0.1, 0.15) is 36.6 Å². The first kappa shape index (κ1) is 32.5. The quantitative estimate of drug-likeness (QED) is 0.143. The Bertz CT molecular complexity index is 2010. The number of nitrogens with zero attached hydrogens (tertiary/aromatic N) is 3. The predicted molar refractivity (Wildman–Crippen MR) is 165 cm³/mol. The van der Waals surface area contributed by atoms with Gasteiger partial charge in [0.2, 0.25) is 11.6 Å². The third-order valence-corrected chi connectivity index (χ3v) is 8.27. The Morgan fingerprint density at radius 3 is 2.33 bits per heavy atom. The normalized spacial score (nSPS) is 14.5. The molecule has 0 radical (unpaired) electrons. The van der Waals surface area contributed by atoms with E-state index in [-0.39, 0.29) is 34.1 Å². The highest BCUT2D eigenvalue weighted by Gasteiger charge is 2.33. The molecule has 0 spiro atoms. The molecule has 0 saturated heterocycles. The van der Waals surface area contributed by atoms with Gasteiger partial charge in [-0.15, -0.1) is 0 Å². The number of halogens is 4. The second kappa shape index (κ2) is 13.2. The van der Waals surface area contributed by atoms with Gasteiger partial charge in [-0.05, 0) is 55.3 Å². The zero-order chi connectivity index (χ0) is 33.3. The van der Waals surface area contributed by atoms with Crippen molar-refractivity contribution in [2.24, 2.45) is 4.99 Å². The van der Waals surface area contributed by atoms with Crippen molar-refractivity contribution < 1.29 is 36.6 Å². The van der Waals surface area contributed by atoms with E-state index in [2.05, 4.69) is 4.99 Å². The number of carbonyl (C=O) groups is 1. The number of thiazole rings is 1. The maximum Gasteiger partial charge on any atom is 0.338 e. The lowest BCUT2D eigenvalue weighted by atomic mass is 9.95. The molecule has 1 aromatic heterocycles. The molecule has 2 heterocycles. The summed E-state index contributed by atoms with van der Waals surface area (Å²) in [5.41, 5.74) is 2.65. The van der Waals surface area contributed by atoms with Gasteiger partial charge in [0.05, 0.1) is 35.6 Å². The van der Waals surface area contributed by atoms with Gasteiger partial charge in [-0.2, -0.15) is 8.78 Å². The molecule has 13 heteroatoms. The van der Waals surface area contributed by atoms with Gasteiger partial charge >= 0.3 is 5.97 Å². The zero-order valence-electron chi connectivity index (χ0n) is 25.5. The number of anilines is 1. The van der Waals surface area contributed by atoms with Crippen molar-refractivity contribution in [2.75, 3.05) is 32.7 Å². The summed E-state index contributed by atoms with van der Waals surface area (Å²) in [6.07, 6.45) is 1.59. The molecule has 3 aromatic carbocycles. The lowest BCUT2D eigenvalue weighted by Crippen LogP contribution is -2.39. The molecule has 0 unspecified atom stereocenters. The number of aromatic nitrogens is 1. The van der Waals surface area contributed by atoms with Crippen molar-refractivity contribution in [3.8, 4) is 11.5 Å². The Balaban J connectivity index is 1.58. The fourth-order valence-electron chi connectivity index (χ4n) is 5.04. The summed E-state index contributed by atoms with van der Waals surface area (Å²) in [5, 5.41) is 0. The molecule has 0 bridgehead atoms. The first-order chi connectivity index (χ1) is 21.9. The van der Waals surface area contributed by atoms with Gasteiger partial charge in [0, 0.05) is 31.4 Å². The number of esters is 1. The maximum atomic E-state index is 14.2. The second-order valence-corrected chi connectivity index (χ2v) is 11.5. The molecule has 1 aliphatic heterocycles. The van der Waals surface area contributed by atoms with Gasteiger partial charge in [-0.1, -0.05) is 29.5 Å². The van der Waals surface area contributed by atoms with Crippen LogP contribution >= 0.6 is 11.3 Å². The molecule has 240 valence electrons. The van der Waals surface area contributed by atoms with Crippen LogP contribution in [0.4, 0.5) is 23.2 Å². The second-order valence-electron chi connectivity index (χ2n) is 10.4. The van der Waals surface area contributed by atoms with Gasteiger partial charge in [0.1, 0.15) is 12.4 Å². The average Bonchev–Trinajstić information content (AvgIpc) is 3.33. The van der Waals surface area contributed by atoms with Crippen LogP contribution in [0.2, 0.25) is 0 Å². The lowest BCUT2D eigenvalue weighted by molar-refractivity contribution is -0.139. The van der Waals surface area contributed by atoms with Crippen molar-refractivity contribution in [1.82, 2.24) is 4.57 Å². The molecule has 46 heavy (non-hydrogen) atoms. The number of carbonyl (C=O) groups excluding carboxylic acids is 1. The lowest BCUT2D eigenvalue weighted by Gasteiger charge is -2.25. The van der Waals surface area contributed by atoms with Crippen LogP contribution in [-0.4, -0.2) is 38.3 Å². The standard InChI is InChI=1S/C33H29F4N3O5S/c1-6-44-32(42)26-17(2)38-33-40(29(26)19-8-10-21(11-9-19)39(3)4)31(41)25(46-33)14-18-7-12-24(43-5)20(13-18)16-45-30-27(36)22(34)15-23(35)28(30)37/h7-15,29H,6,16H2,1-5H3/b25-14+/t29-/m1/s1. The van der Waals surface area contributed by atoms with Gasteiger partial charge in [0.25, 0.3) is 5.56 Å². The number of benzene rings is 3. The molecule has 0 amide bonds. The molecule has 1 atom stereocenters. The van der Waals surface area contributed by atoms with Crippen LogP contribution in [0.25, 0.3) is 6.08 Å². The molecule has 4 aromatic rings. The number of methoxy groups -OCH3 is 1. The molecule has 0 saturated carbocycles. The van der Waals surface area contributed by atoms with E-state index in [1.807, 2.05) is 43.3 Å². The summed E-state index contributed by atoms with van der Waals surface area (Å²) >= 11 is 1.12. The Kier molecular flexibility index (Phi) is 9.33. The number of rotatable bonds is 9. The first-order valence-corrected chi connectivity index (χ1v) is 14.9. The van der Waals surface area contributed by atoms with Crippen molar-refractivity contribution in [1.29, 1.82) is 0 Å². The van der Waals surface area contributed by atoms with Gasteiger partial charge < -0.3 is 19.1 Å². The minimum atomic E-state index is -1.67. The summed E-state index contributed by atoms with van der Waals surface area (Å²) in [6.45, 7) is 3.02. The monoisotopic (exact) mass is 655 g/mol. The average molecular weight is 656 g/mol. The van der Waals surface area contributed by atoms with Crippen LogP contribution in [0, 0.1) is 23.3 Å². The minimum absolute atomic E-state index is 0.0925. The third-order valence-electron chi connectivity index (χ3n) is 7.29. The van der Waals surface area contributed by atoms with E-state index in [4.69, 9.17) is 14.2 Å². The minimum Gasteiger partial charge on any atom is -0.496 e. The molecule has 1 aliphatic rings. The highest BCUT2D eigenvalue weighted by molar-refractivity contribution is 7.07. The molecular formula is C33H29F4N3O5S. The van der Waals surface area contributed by atoms with E-state index in [0.717, 1.165) is 17.0 Å². The SMILES string of the molecule is CCOC(=O)C1=C(C)N=c2s/c(=C/c3ccc(OC)c(COc4c(F)c(F)cc(F)c4F)c3)c(=O)n2[C@@H]1c1ccc(N(C)C)cc1. The van der Waals surface area contributed by atoms with Gasteiger partial charge in [0.15, 0.2) is 22.2 Å². The van der Waals surface area contributed by atoms with Crippen LogP contribution < -0.4 is 29.3 Å². The Morgan fingerprint density at radius 1 is 1.04 bits per heavy atom. The number of fused-ring (bicyclic) bond motifs is 1. The highest BCUT2D eigenvalue weighted by atomic mass is 32.1. The summed E-state index contributed by atoms with van der Waals surface area (Å²) in [7, 11) is 5.18.